The van der Waals surface area contributed by atoms with E-state index in [4.69, 9.17) is 9.47 Å². The lowest BCUT2D eigenvalue weighted by molar-refractivity contribution is -0.138. The summed E-state index contributed by atoms with van der Waals surface area (Å²) in [7, 11) is 1.39. The third-order valence-electron chi connectivity index (χ3n) is 5.47. The van der Waals surface area contributed by atoms with Crippen LogP contribution in [0.25, 0.3) is 11.3 Å². The Bertz CT molecular complexity index is 1150. The van der Waals surface area contributed by atoms with Crippen LogP contribution in [0, 0.1) is 5.82 Å². The van der Waals surface area contributed by atoms with Crippen molar-refractivity contribution in [2.24, 2.45) is 0 Å². The van der Waals surface area contributed by atoms with Crippen molar-refractivity contribution < 1.29 is 35.8 Å². The Morgan fingerprint density at radius 3 is 2.55 bits per heavy atom. The fourth-order valence-corrected chi connectivity index (χ4v) is 3.70. The van der Waals surface area contributed by atoms with Gasteiger partial charge in [-0.05, 0) is 30.7 Å². The molecule has 3 aromatic rings. The summed E-state index contributed by atoms with van der Waals surface area (Å²) in [4.78, 5) is 10.8. The minimum Gasteiger partial charge on any atom is -0.493 e. The number of hydrogen-bond donors (Lipinski definition) is 1. The number of methoxy groups -OCH3 is 1. The second-order valence-electron chi connectivity index (χ2n) is 7.78. The zero-order valence-corrected chi connectivity index (χ0v) is 17.3. The largest absolute Gasteiger partial charge is 0.493 e. The number of benzene rings is 1. The van der Waals surface area contributed by atoms with Gasteiger partial charge in [0.25, 0.3) is 0 Å². The lowest BCUT2D eigenvalue weighted by Gasteiger charge is -2.13. The van der Waals surface area contributed by atoms with Crippen LogP contribution in [0.5, 0.6) is 11.5 Å². The average molecular weight is 471 g/mol. The van der Waals surface area contributed by atoms with Gasteiger partial charge in [0.05, 0.1) is 24.6 Å². The van der Waals surface area contributed by atoms with Gasteiger partial charge < -0.3 is 14.5 Å². The molecule has 1 aliphatic rings. The summed E-state index contributed by atoms with van der Waals surface area (Å²) in [6.45, 7) is -0.413. The van der Waals surface area contributed by atoms with Crippen LogP contribution in [0.4, 0.5) is 26.3 Å². The van der Waals surface area contributed by atoms with Crippen LogP contribution in [0.3, 0.4) is 0 Å². The number of pyridine rings is 1. The van der Waals surface area contributed by atoms with Crippen LogP contribution in [-0.4, -0.2) is 28.0 Å². The van der Waals surface area contributed by atoms with E-state index in [1.807, 2.05) is 0 Å². The Labute approximate surface area is 184 Å². The fraction of sp³-hybridized carbons (Fsp3) is 0.364. The van der Waals surface area contributed by atoms with E-state index in [2.05, 4.69) is 15.0 Å². The Morgan fingerprint density at radius 2 is 1.91 bits per heavy atom. The maximum atomic E-state index is 14.0. The number of nitrogens with zero attached hydrogens (tertiary/aromatic N) is 2. The second kappa shape index (κ2) is 8.60. The van der Waals surface area contributed by atoms with Crippen molar-refractivity contribution in [2.75, 3.05) is 7.11 Å². The van der Waals surface area contributed by atoms with Gasteiger partial charge in [0.1, 0.15) is 23.9 Å². The maximum Gasteiger partial charge on any atom is 0.417 e. The van der Waals surface area contributed by atoms with Crippen LogP contribution < -0.4 is 9.47 Å². The van der Waals surface area contributed by atoms with E-state index in [0.717, 1.165) is 0 Å². The maximum absolute atomic E-state index is 14.0. The summed E-state index contributed by atoms with van der Waals surface area (Å²) < 4.78 is 89.8. The summed E-state index contributed by atoms with van der Waals surface area (Å²) in [5.74, 6) is -3.17. The molecule has 1 aliphatic carbocycles. The predicted octanol–water partition coefficient (Wildman–Crippen LogP) is 6.12. The number of nitrogens with one attached hydrogen (secondary N) is 1. The molecule has 1 atom stereocenters. The molecular formula is C22H19F6N3O2. The van der Waals surface area contributed by atoms with E-state index in [-0.39, 0.29) is 36.0 Å². The van der Waals surface area contributed by atoms with Gasteiger partial charge in [-0.25, -0.2) is 18.2 Å². The third-order valence-corrected chi connectivity index (χ3v) is 5.47. The molecule has 0 saturated heterocycles. The van der Waals surface area contributed by atoms with E-state index in [0.29, 0.717) is 35.8 Å². The number of H-pyrrole nitrogens is 1. The van der Waals surface area contributed by atoms with Crippen molar-refractivity contribution >= 4 is 0 Å². The molecule has 2 heterocycles. The minimum absolute atomic E-state index is 0.165. The van der Waals surface area contributed by atoms with E-state index in [1.165, 1.54) is 7.11 Å². The van der Waals surface area contributed by atoms with Gasteiger partial charge in [-0.3, -0.25) is 4.98 Å². The summed E-state index contributed by atoms with van der Waals surface area (Å²) in [6, 6.07) is 5.18. The van der Waals surface area contributed by atoms with Crippen LogP contribution >= 0.6 is 0 Å². The van der Waals surface area contributed by atoms with Crippen molar-refractivity contribution in [3.8, 4) is 22.8 Å². The minimum atomic E-state index is -4.70. The van der Waals surface area contributed by atoms with Crippen molar-refractivity contribution in [1.29, 1.82) is 0 Å². The first-order valence-electron chi connectivity index (χ1n) is 10.0. The molecule has 2 aromatic heterocycles. The highest BCUT2D eigenvalue weighted by atomic mass is 19.4. The van der Waals surface area contributed by atoms with Crippen molar-refractivity contribution in [2.45, 2.75) is 43.9 Å². The van der Waals surface area contributed by atoms with Gasteiger partial charge in [-0.2, -0.15) is 13.2 Å². The number of halogens is 6. The van der Waals surface area contributed by atoms with Crippen molar-refractivity contribution in [3.63, 3.8) is 0 Å². The molecule has 0 radical (unpaired) electrons. The fourth-order valence-electron chi connectivity index (χ4n) is 3.70. The van der Waals surface area contributed by atoms with Crippen LogP contribution in [0.15, 0.2) is 36.7 Å². The Balaban J connectivity index is 1.48. The molecule has 0 bridgehead atoms. The second-order valence-corrected chi connectivity index (χ2v) is 7.78. The molecule has 4 rings (SSSR count). The summed E-state index contributed by atoms with van der Waals surface area (Å²) in [5.41, 5.74) is -0.228. The highest BCUT2D eigenvalue weighted by molar-refractivity contribution is 5.63. The van der Waals surface area contributed by atoms with Gasteiger partial charge in [-0.15, -0.1) is 0 Å². The Kier molecular flexibility index (Phi) is 5.98. The third kappa shape index (κ3) is 5.07. The Morgan fingerprint density at radius 1 is 1.12 bits per heavy atom. The van der Waals surface area contributed by atoms with Crippen LogP contribution in [0.1, 0.15) is 42.3 Å². The number of imidazole rings is 1. The lowest BCUT2D eigenvalue weighted by Crippen LogP contribution is -2.09. The van der Waals surface area contributed by atoms with E-state index in [9.17, 15) is 26.3 Å². The predicted molar refractivity (Wildman–Crippen MR) is 106 cm³/mol. The Hall–Kier alpha value is -3.24. The quantitative estimate of drug-likeness (QED) is 0.440. The molecule has 33 heavy (non-hydrogen) atoms. The van der Waals surface area contributed by atoms with Gasteiger partial charge in [0.2, 0.25) is 5.92 Å². The molecule has 1 N–H and O–H groups in total. The van der Waals surface area contributed by atoms with Crippen LogP contribution in [0.2, 0.25) is 0 Å². The number of alkyl halides is 5. The molecule has 1 unspecified atom stereocenters. The van der Waals surface area contributed by atoms with E-state index >= 15 is 0 Å². The molecule has 11 heteroatoms. The molecular weight excluding hydrogens is 452 g/mol. The molecule has 0 spiro atoms. The SMILES string of the molecule is COc1cc(-c2cnc(C3CCC(F)(F)C3)[nH]2)ccc1OCc1ncc(C(F)(F)F)cc1F. The first-order valence-corrected chi connectivity index (χ1v) is 10.0. The molecule has 5 nitrogen and oxygen atoms in total. The van der Waals surface area contributed by atoms with Gasteiger partial charge in [0.15, 0.2) is 11.5 Å². The zero-order chi connectivity index (χ0) is 23.8. The van der Waals surface area contributed by atoms with Gasteiger partial charge >= 0.3 is 6.18 Å². The van der Waals surface area contributed by atoms with Gasteiger partial charge in [-0.1, -0.05) is 0 Å². The molecule has 0 aliphatic heterocycles. The monoisotopic (exact) mass is 471 g/mol. The highest BCUT2D eigenvalue weighted by Crippen LogP contribution is 2.43. The first kappa shape index (κ1) is 22.9. The topological polar surface area (TPSA) is 60.0 Å². The van der Waals surface area contributed by atoms with Crippen LogP contribution in [-0.2, 0) is 12.8 Å². The van der Waals surface area contributed by atoms with E-state index in [1.54, 1.807) is 24.4 Å². The summed E-state index contributed by atoms with van der Waals surface area (Å²) >= 11 is 0. The molecule has 1 saturated carbocycles. The standard InChI is InChI=1S/C22H19F6N3O2/c1-32-19-6-12(16-10-30-20(31-16)13-4-5-21(24,25)8-13)2-3-18(19)33-11-17-15(23)7-14(9-29-17)22(26,27)28/h2-3,6-7,9-10,13H,4-5,8,11H2,1H3,(H,30,31). The number of aromatic amines is 1. The molecule has 176 valence electrons. The number of aromatic nitrogens is 3. The van der Waals surface area contributed by atoms with Crippen molar-refractivity contribution in [1.82, 2.24) is 15.0 Å². The average Bonchev–Trinajstić information content (AvgIpc) is 3.38. The number of ether oxygens (including phenoxy) is 2. The first-order chi connectivity index (χ1) is 15.6. The number of rotatable bonds is 6. The van der Waals surface area contributed by atoms with E-state index < -0.39 is 30.1 Å². The van der Waals surface area contributed by atoms with Gasteiger partial charge in [0, 0.05) is 30.5 Å². The normalized spacial score (nSPS) is 17.8. The molecule has 1 fully saturated rings. The summed E-state index contributed by atoms with van der Waals surface area (Å²) in [6.07, 6.45) is -2.67. The molecule has 1 aromatic carbocycles. The number of hydrogen-bond acceptors (Lipinski definition) is 4. The zero-order valence-electron chi connectivity index (χ0n) is 17.3. The summed E-state index contributed by atoms with van der Waals surface area (Å²) in [5, 5.41) is 0. The highest BCUT2D eigenvalue weighted by Gasteiger charge is 2.41. The molecule has 0 amide bonds. The van der Waals surface area contributed by atoms with Crippen molar-refractivity contribution in [3.05, 3.63) is 59.6 Å². The lowest BCUT2D eigenvalue weighted by atomic mass is 10.1. The smallest absolute Gasteiger partial charge is 0.417 e.